The van der Waals surface area contributed by atoms with Crippen molar-refractivity contribution in [2.75, 3.05) is 18.9 Å². The molecule has 0 aliphatic carbocycles. The normalized spacial score (nSPS) is 11.3. The maximum Gasteiger partial charge on any atom is 0.253 e. The fraction of sp³-hybridized carbons (Fsp3) is 0.333. The molecule has 4 nitrogen and oxygen atoms in total. The summed E-state index contributed by atoms with van der Waals surface area (Å²) in [6.45, 7) is 2.14. The minimum atomic E-state index is -0.175. The fourth-order valence-electron chi connectivity index (χ4n) is 1.29. The predicted molar refractivity (Wildman–Crippen MR) is 63.1 cm³/mol. The molecule has 0 saturated carbocycles. The quantitative estimate of drug-likeness (QED) is 0.805. The lowest BCUT2D eigenvalue weighted by atomic mass is 10.1. The molecule has 0 aromatic heterocycles. The fourth-order valence-corrected chi connectivity index (χ4v) is 1.29. The third kappa shape index (κ3) is 2.99. The summed E-state index contributed by atoms with van der Waals surface area (Å²) in [5, 5.41) is 14.3. The highest BCUT2D eigenvalue weighted by atomic mass is 16.1. The molecule has 0 saturated heterocycles. The molecule has 0 heterocycles. The van der Waals surface area contributed by atoms with Crippen molar-refractivity contribution in [3.63, 3.8) is 0 Å². The summed E-state index contributed by atoms with van der Waals surface area (Å²) in [6, 6.07) is 9.32. The Morgan fingerprint density at radius 3 is 2.81 bits per heavy atom. The van der Waals surface area contributed by atoms with Crippen LogP contribution in [0.3, 0.4) is 0 Å². The van der Waals surface area contributed by atoms with Gasteiger partial charge >= 0.3 is 0 Å². The lowest BCUT2D eigenvalue weighted by Crippen LogP contribution is -2.28. The maximum atomic E-state index is 11.8. The first kappa shape index (κ1) is 12.1. The number of carbonyl (C=O) groups excluding carboxylic acids is 1. The number of anilines is 1. The zero-order chi connectivity index (χ0) is 12.0. The number of hydrogen-bond acceptors (Lipinski definition) is 3. The molecule has 1 aromatic carbocycles. The highest BCUT2D eigenvalue weighted by molar-refractivity contribution is 5.99. The summed E-state index contributed by atoms with van der Waals surface area (Å²) in [5.74, 6) is -0.335. The van der Waals surface area contributed by atoms with Gasteiger partial charge in [-0.3, -0.25) is 4.79 Å². The molecule has 2 N–H and O–H groups in total. The number of carbonyl (C=O) groups is 1. The largest absolute Gasteiger partial charge is 0.387 e. The van der Waals surface area contributed by atoms with Crippen LogP contribution in [-0.2, 0) is 0 Å². The summed E-state index contributed by atoms with van der Waals surface area (Å²) in [4.78, 5) is 11.8. The average molecular weight is 217 g/mol. The Kier molecular flexibility index (Phi) is 4.34. The van der Waals surface area contributed by atoms with Gasteiger partial charge in [-0.2, -0.15) is 5.26 Å². The average Bonchev–Trinajstić information content (AvgIpc) is 2.35. The van der Waals surface area contributed by atoms with Gasteiger partial charge in [0, 0.05) is 19.3 Å². The number of hydrogen-bond donors (Lipinski definition) is 2. The Morgan fingerprint density at radius 1 is 1.50 bits per heavy atom. The number of benzene rings is 1. The Labute approximate surface area is 95.3 Å². The predicted octanol–water partition coefficient (Wildman–Crippen LogP) is 1.62. The van der Waals surface area contributed by atoms with Gasteiger partial charge in [-0.25, -0.2) is 0 Å². The minimum Gasteiger partial charge on any atom is -0.387 e. The van der Waals surface area contributed by atoms with E-state index in [9.17, 15) is 4.79 Å². The van der Waals surface area contributed by atoms with Gasteiger partial charge < -0.3 is 10.6 Å². The Morgan fingerprint density at radius 2 is 2.19 bits per heavy atom. The van der Waals surface area contributed by atoms with Crippen molar-refractivity contribution in [3.05, 3.63) is 29.8 Å². The molecule has 84 valence electrons. The molecule has 1 atom stereocenters. The number of para-hydroxylation sites is 1. The molecule has 1 aromatic rings. The van der Waals surface area contributed by atoms with Crippen molar-refractivity contribution in [2.24, 2.45) is 5.92 Å². The van der Waals surface area contributed by atoms with E-state index in [2.05, 4.69) is 16.7 Å². The van der Waals surface area contributed by atoms with Crippen LogP contribution in [0.15, 0.2) is 24.3 Å². The van der Waals surface area contributed by atoms with Crippen molar-refractivity contribution in [3.8, 4) is 6.07 Å². The van der Waals surface area contributed by atoms with Crippen molar-refractivity contribution in [1.82, 2.24) is 5.32 Å². The van der Waals surface area contributed by atoms with Crippen molar-refractivity contribution in [1.29, 1.82) is 5.26 Å². The van der Waals surface area contributed by atoms with Gasteiger partial charge in [-0.05, 0) is 19.1 Å². The molecule has 0 radical (unpaired) electrons. The highest BCUT2D eigenvalue weighted by Gasteiger charge is 2.10. The van der Waals surface area contributed by atoms with Gasteiger partial charge in [0.25, 0.3) is 5.91 Å². The van der Waals surface area contributed by atoms with E-state index in [0.717, 1.165) is 5.69 Å². The second kappa shape index (κ2) is 5.76. The van der Waals surface area contributed by atoms with E-state index >= 15 is 0 Å². The molecule has 0 aliphatic heterocycles. The number of amides is 1. The van der Waals surface area contributed by atoms with Gasteiger partial charge in [-0.15, -0.1) is 0 Å². The smallest absolute Gasteiger partial charge is 0.253 e. The second-order valence-corrected chi connectivity index (χ2v) is 3.54. The molecular formula is C12H15N3O. The summed E-state index contributed by atoms with van der Waals surface area (Å²) in [5.41, 5.74) is 1.37. The van der Waals surface area contributed by atoms with Gasteiger partial charge in [0.2, 0.25) is 0 Å². The van der Waals surface area contributed by atoms with Gasteiger partial charge in [0.15, 0.2) is 0 Å². The Balaban J connectivity index is 2.70. The molecule has 0 bridgehead atoms. The second-order valence-electron chi connectivity index (χ2n) is 3.54. The molecule has 0 fully saturated rings. The summed E-state index contributed by atoms with van der Waals surface area (Å²) < 4.78 is 0. The number of nitrogens with one attached hydrogen (secondary N) is 2. The van der Waals surface area contributed by atoms with Crippen LogP contribution in [0, 0.1) is 17.2 Å². The van der Waals surface area contributed by atoms with Crippen LogP contribution in [0.4, 0.5) is 5.69 Å². The van der Waals surface area contributed by atoms with E-state index in [1.165, 1.54) is 0 Å². The van der Waals surface area contributed by atoms with E-state index in [-0.39, 0.29) is 11.8 Å². The van der Waals surface area contributed by atoms with Gasteiger partial charge in [-0.1, -0.05) is 12.1 Å². The van der Waals surface area contributed by atoms with Crippen LogP contribution >= 0.6 is 0 Å². The molecule has 0 spiro atoms. The summed E-state index contributed by atoms with van der Waals surface area (Å²) in [7, 11) is 1.77. The van der Waals surface area contributed by atoms with Gasteiger partial charge in [0.1, 0.15) is 0 Å². The number of nitriles is 1. The first-order valence-corrected chi connectivity index (χ1v) is 5.13. The molecule has 4 heteroatoms. The highest BCUT2D eigenvalue weighted by Crippen LogP contribution is 2.13. The molecule has 0 aliphatic rings. The van der Waals surface area contributed by atoms with E-state index in [0.29, 0.717) is 12.1 Å². The Hall–Kier alpha value is -2.02. The van der Waals surface area contributed by atoms with Crippen LogP contribution < -0.4 is 10.6 Å². The minimum absolute atomic E-state index is 0.160. The lowest BCUT2D eigenvalue weighted by Gasteiger charge is -2.10. The molecule has 1 amide bonds. The lowest BCUT2D eigenvalue weighted by molar-refractivity contribution is 0.0951. The summed E-state index contributed by atoms with van der Waals surface area (Å²) >= 11 is 0. The third-order valence-corrected chi connectivity index (χ3v) is 2.23. The molecule has 1 unspecified atom stereocenters. The first-order valence-electron chi connectivity index (χ1n) is 5.13. The van der Waals surface area contributed by atoms with E-state index in [1.54, 1.807) is 20.0 Å². The standard InChI is InChI=1S/C12H15N3O/c1-9(7-13)8-15-12(16)10-5-3-4-6-11(10)14-2/h3-6,9,14H,8H2,1-2H3,(H,15,16). The zero-order valence-electron chi connectivity index (χ0n) is 9.45. The molecule has 16 heavy (non-hydrogen) atoms. The van der Waals surface area contributed by atoms with Crippen LogP contribution in [0.1, 0.15) is 17.3 Å². The number of nitrogens with zero attached hydrogens (tertiary/aromatic N) is 1. The number of rotatable bonds is 4. The summed E-state index contributed by atoms with van der Waals surface area (Å²) in [6.07, 6.45) is 0. The Bertz CT molecular complexity index is 409. The van der Waals surface area contributed by atoms with E-state index in [1.807, 2.05) is 18.2 Å². The van der Waals surface area contributed by atoms with Crippen LogP contribution in [0.25, 0.3) is 0 Å². The van der Waals surface area contributed by atoms with Crippen LogP contribution in [0.2, 0.25) is 0 Å². The topological polar surface area (TPSA) is 64.9 Å². The van der Waals surface area contributed by atoms with Crippen molar-refractivity contribution in [2.45, 2.75) is 6.92 Å². The van der Waals surface area contributed by atoms with E-state index < -0.39 is 0 Å². The van der Waals surface area contributed by atoms with Crippen molar-refractivity contribution < 1.29 is 4.79 Å². The third-order valence-electron chi connectivity index (χ3n) is 2.23. The zero-order valence-corrected chi connectivity index (χ0v) is 9.45. The van der Waals surface area contributed by atoms with Crippen LogP contribution in [0.5, 0.6) is 0 Å². The van der Waals surface area contributed by atoms with E-state index in [4.69, 9.17) is 5.26 Å². The first-order chi connectivity index (χ1) is 7.69. The van der Waals surface area contributed by atoms with Gasteiger partial charge in [0.05, 0.1) is 17.6 Å². The molecule has 1 rings (SSSR count). The monoisotopic (exact) mass is 217 g/mol. The SMILES string of the molecule is CNc1ccccc1C(=O)NCC(C)C#N. The molecular weight excluding hydrogens is 202 g/mol. The maximum absolute atomic E-state index is 11.8. The van der Waals surface area contributed by atoms with Crippen LogP contribution in [-0.4, -0.2) is 19.5 Å². The van der Waals surface area contributed by atoms with Crippen molar-refractivity contribution >= 4 is 11.6 Å².